The maximum absolute atomic E-state index is 10.9. The number of aliphatic hydroxyl groups is 1. The van der Waals surface area contributed by atoms with E-state index in [0.29, 0.717) is 18.2 Å². The molecular weight excluding hydrogens is 234 g/mol. The molecule has 0 aliphatic rings. The van der Waals surface area contributed by atoms with Gasteiger partial charge < -0.3 is 15.1 Å². The number of aryl methyl sites for hydroxylation is 1. The van der Waals surface area contributed by atoms with Crippen LogP contribution in [0.4, 0.5) is 5.95 Å². The minimum atomic E-state index is -1.03. The minimum Gasteiger partial charge on any atom is -0.478 e. The summed E-state index contributed by atoms with van der Waals surface area (Å²) in [6.07, 6.45) is 3.33. The Balaban J connectivity index is 2.91. The fourth-order valence-corrected chi connectivity index (χ4v) is 1.60. The lowest BCUT2D eigenvalue weighted by molar-refractivity contribution is 0.0695. The second-order valence-corrected chi connectivity index (χ2v) is 4.04. The molecule has 1 aromatic heterocycles. The first-order valence-electron chi connectivity index (χ1n) is 6.02. The maximum atomic E-state index is 10.9. The van der Waals surface area contributed by atoms with Crippen molar-refractivity contribution in [3.63, 3.8) is 0 Å². The third-order valence-electron chi connectivity index (χ3n) is 2.63. The van der Waals surface area contributed by atoms with E-state index >= 15 is 0 Å². The molecule has 1 aromatic rings. The number of anilines is 1. The summed E-state index contributed by atoms with van der Waals surface area (Å²) in [7, 11) is 0. The Bertz CT molecular complexity index is 410. The fourth-order valence-electron chi connectivity index (χ4n) is 1.60. The number of nitrogens with zero attached hydrogens (tertiary/aromatic N) is 3. The molecule has 0 atom stereocenters. The highest BCUT2D eigenvalue weighted by Crippen LogP contribution is 2.12. The molecule has 0 aromatic carbocycles. The number of aliphatic hydroxyl groups excluding tert-OH is 1. The van der Waals surface area contributed by atoms with Gasteiger partial charge in [-0.15, -0.1) is 0 Å². The molecule has 0 saturated carbocycles. The smallest absolute Gasteiger partial charge is 0.339 e. The van der Waals surface area contributed by atoms with Crippen molar-refractivity contribution in [3.05, 3.63) is 17.5 Å². The first-order valence-corrected chi connectivity index (χ1v) is 6.02. The van der Waals surface area contributed by atoms with Gasteiger partial charge in [0.25, 0.3) is 0 Å². The van der Waals surface area contributed by atoms with Gasteiger partial charge in [0, 0.05) is 19.3 Å². The van der Waals surface area contributed by atoms with Crippen LogP contribution < -0.4 is 4.90 Å². The molecule has 6 heteroatoms. The highest BCUT2D eigenvalue weighted by molar-refractivity contribution is 5.88. The van der Waals surface area contributed by atoms with Gasteiger partial charge in [0.05, 0.1) is 17.9 Å². The van der Waals surface area contributed by atoms with E-state index < -0.39 is 5.97 Å². The predicted molar refractivity (Wildman–Crippen MR) is 67.9 cm³/mol. The Labute approximate surface area is 106 Å². The van der Waals surface area contributed by atoms with Crippen LogP contribution in [0.5, 0.6) is 0 Å². The number of carboxylic acid groups (broad SMARTS) is 1. The molecule has 0 fully saturated rings. The summed E-state index contributed by atoms with van der Waals surface area (Å²) >= 11 is 0. The molecule has 0 saturated heterocycles. The quantitative estimate of drug-likeness (QED) is 0.756. The molecule has 18 heavy (non-hydrogen) atoms. The number of carboxylic acids is 1. The van der Waals surface area contributed by atoms with E-state index in [1.807, 2.05) is 4.90 Å². The Morgan fingerprint density at radius 3 is 2.67 bits per heavy atom. The zero-order chi connectivity index (χ0) is 13.5. The van der Waals surface area contributed by atoms with E-state index in [9.17, 15) is 4.79 Å². The molecule has 1 heterocycles. The van der Waals surface area contributed by atoms with Gasteiger partial charge in [-0.05, 0) is 13.3 Å². The third-order valence-corrected chi connectivity index (χ3v) is 2.63. The Hall–Kier alpha value is -1.69. The van der Waals surface area contributed by atoms with E-state index in [1.165, 1.54) is 6.20 Å². The van der Waals surface area contributed by atoms with Gasteiger partial charge in [-0.25, -0.2) is 14.8 Å². The van der Waals surface area contributed by atoms with E-state index in [0.717, 1.165) is 19.4 Å². The average Bonchev–Trinajstić information content (AvgIpc) is 2.33. The lowest BCUT2D eigenvalue weighted by Crippen LogP contribution is -2.30. The van der Waals surface area contributed by atoms with E-state index in [1.54, 1.807) is 6.92 Å². The highest BCUT2D eigenvalue weighted by atomic mass is 16.4. The van der Waals surface area contributed by atoms with Gasteiger partial charge >= 0.3 is 5.97 Å². The van der Waals surface area contributed by atoms with Gasteiger partial charge in [-0.1, -0.05) is 13.3 Å². The summed E-state index contributed by atoms with van der Waals surface area (Å²) in [4.78, 5) is 21.0. The summed E-state index contributed by atoms with van der Waals surface area (Å²) < 4.78 is 0. The average molecular weight is 253 g/mol. The van der Waals surface area contributed by atoms with Crippen LogP contribution in [0.25, 0.3) is 0 Å². The fraction of sp³-hybridized carbons (Fsp3) is 0.583. The molecule has 1 rings (SSSR count). The Morgan fingerprint density at radius 1 is 1.44 bits per heavy atom. The maximum Gasteiger partial charge on any atom is 0.339 e. The van der Waals surface area contributed by atoms with E-state index in [2.05, 4.69) is 16.9 Å². The van der Waals surface area contributed by atoms with Crippen LogP contribution in [-0.2, 0) is 0 Å². The van der Waals surface area contributed by atoms with Crippen LogP contribution in [-0.4, -0.2) is 45.8 Å². The molecule has 2 N–H and O–H groups in total. The second kappa shape index (κ2) is 6.90. The normalized spacial score (nSPS) is 10.4. The number of aromatic nitrogens is 2. The van der Waals surface area contributed by atoms with Gasteiger partial charge in [-0.3, -0.25) is 0 Å². The zero-order valence-corrected chi connectivity index (χ0v) is 10.8. The Morgan fingerprint density at radius 2 is 2.17 bits per heavy atom. The summed E-state index contributed by atoms with van der Waals surface area (Å²) in [5.74, 6) is -0.554. The molecule has 0 bridgehead atoms. The Kier molecular flexibility index (Phi) is 5.51. The summed E-state index contributed by atoms with van der Waals surface area (Å²) in [6, 6.07) is 0. The molecule has 0 radical (unpaired) electrons. The van der Waals surface area contributed by atoms with Crippen molar-refractivity contribution >= 4 is 11.9 Å². The lowest BCUT2D eigenvalue weighted by atomic mass is 10.2. The first kappa shape index (κ1) is 14.4. The van der Waals surface area contributed by atoms with Crippen molar-refractivity contribution in [2.75, 3.05) is 24.6 Å². The summed E-state index contributed by atoms with van der Waals surface area (Å²) in [6.45, 7) is 4.95. The topological polar surface area (TPSA) is 86.5 Å². The molecule has 0 aliphatic heterocycles. The van der Waals surface area contributed by atoms with Gasteiger partial charge in [-0.2, -0.15) is 0 Å². The molecule has 0 spiro atoms. The lowest BCUT2D eigenvalue weighted by Gasteiger charge is -2.21. The number of unbranched alkanes of at least 4 members (excludes halogenated alkanes) is 1. The SMILES string of the molecule is CCCCN(CCO)c1ncc(C(=O)O)c(C)n1. The van der Waals surface area contributed by atoms with Crippen LogP contribution in [0.1, 0.15) is 35.8 Å². The highest BCUT2D eigenvalue weighted by Gasteiger charge is 2.13. The van der Waals surface area contributed by atoms with Gasteiger partial charge in [0.1, 0.15) is 0 Å². The van der Waals surface area contributed by atoms with Crippen molar-refractivity contribution in [1.29, 1.82) is 0 Å². The van der Waals surface area contributed by atoms with Crippen LogP contribution in [0, 0.1) is 6.92 Å². The molecule has 6 nitrogen and oxygen atoms in total. The standard InChI is InChI=1S/C12H19N3O3/c1-3-4-5-15(6-7-16)12-13-8-10(11(17)18)9(2)14-12/h8,16H,3-7H2,1-2H3,(H,17,18). The van der Waals surface area contributed by atoms with E-state index in [4.69, 9.17) is 10.2 Å². The minimum absolute atomic E-state index is 0.0206. The predicted octanol–water partition coefficient (Wildman–Crippen LogP) is 1.08. The van der Waals surface area contributed by atoms with E-state index in [-0.39, 0.29) is 12.2 Å². The van der Waals surface area contributed by atoms with Crippen molar-refractivity contribution in [2.24, 2.45) is 0 Å². The number of aromatic carboxylic acids is 1. The molecule has 0 amide bonds. The number of carbonyl (C=O) groups is 1. The first-order chi connectivity index (χ1) is 8.60. The van der Waals surface area contributed by atoms with Crippen molar-refractivity contribution in [3.8, 4) is 0 Å². The van der Waals surface area contributed by atoms with Crippen molar-refractivity contribution in [2.45, 2.75) is 26.7 Å². The summed E-state index contributed by atoms with van der Waals surface area (Å²) in [5, 5.41) is 17.9. The molecule has 100 valence electrons. The number of hydrogen-bond donors (Lipinski definition) is 2. The van der Waals surface area contributed by atoms with Crippen LogP contribution in [0.3, 0.4) is 0 Å². The van der Waals surface area contributed by atoms with Gasteiger partial charge in [0.15, 0.2) is 0 Å². The summed E-state index contributed by atoms with van der Waals surface area (Å²) in [5.41, 5.74) is 0.546. The largest absolute Gasteiger partial charge is 0.478 e. The van der Waals surface area contributed by atoms with Crippen molar-refractivity contribution < 1.29 is 15.0 Å². The molecule has 0 aliphatic carbocycles. The number of rotatable bonds is 7. The monoisotopic (exact) mass is 253 g/mol. The van der Waals surface area contributed by atoms with Crippen LogP contribution in [0.15, 0.2) is 6.20 Å². The molecular formula is C12H19N3O3. The van der Waals surface area contributed by atoms with Crippen LogP contribution >= 0.6 is 0 Å². The van der Waals surface area contributed by atoms with Gasteiger partial charge in [0.2, 0.25) is 5.95 Å². The van der Waals surface area contributed by atoms with Crippen molar-refractivity contribution in [1.82, 2.24) is 9.97 Å². The zero-order valence-electron chi connectivity index (χ0n) is 10.8. The second-order valence-electron chi connectivity index (χ2n) is 4.04. The molecule has 0 unspecified atom stereocenters. The van der Waals surface area contributed by atoms with Crippen LogP contribution in [0.2, 0.25) is 0 Å². The number of hydrogen-bond acceptors (Lipinski definition) is 5. The third kappa shape index (κ3) is 3.66.